The van der Waals surface area contributed by atoms with Gasteiger partial charge in [0.15, 0.2) is 0 Å². The summed E-state index contributed by atoms with van der Waals surface area (Å²) in [5.41, 5.74) is 2.76. The summed E-state index contributed by atoms with van der Waals surface area (Å²) < 4.78 is 11.1. The van der Waals surface area contributed by atoms with Gasteiger partial charge >= 0.3 is 0 Å². The van der Waals surface area contributed by atoms with Crippen LogP contribution in [0.1, 0.15) is 12.5 Å². The van der Waals surface area contributed by atoms with E-state index in [1.165, 1.54) is 5.56 Å². The van der Waals surface area contributed by atoms with Gasteiger partial charge in [0.25, 0.3) is 0 Å². The Morgan fingerprint density at radius 2 is 1.86 bits per heavy atom. The van der Waals surface area contributed by atoms with E-state index >= 15 is 0 Å². The number of nitrogens with zero attached hydrogens (tertiary/aromatic N) is 1. The predicted octanol–water partition coefficient (Wildman–Crippen LogP) is 3.96. The highest BCUT2D eigenvalue weighted by atomic mass is 16.5. The Labute approximate surface area is 128 Å². The zero-order valence-corrected chi connectivity index (χ0v) is 12.5. The van der Waals surface area contributed by atoms with Crippen LogP contribution in [0.4, 0.5) is 0 Å². The number of benzene rings is 2. The largest absolute Gasteiger partial charge is 0.497 e. The SMILES string of the molecule is CCc1ccc2oc(-c3ccc(OC)cc3)c/c(=N\O)c2c1. The monoisotopic (exact) mass is 295 g/mol. The van der Waals surface area contributed by atoms with Crippen molar-refractivity contribution in [2.75, 3.05) is 7.11 Å². The third-order valence-electron chi connectivity index (χ3n) is 3.70. The molecule has 2 aromatic carbocycles. The Bertz CT molecular complexity index is 864. The highest BCUT2D eigenvalue weighted by molar-refractivity contribution is 5.79. The summed E-state index contributed by atoms with van der Waals surface area (Å²) in [5.74, 6) is 1.43. The summed E-state index contributed by atoms with van der Waals surface area (Å²) in [7, 11) is 1.63. The van der Waals surface area contributed by atoms with Crippen molar-refractivity contribution in [2.45, 2.75) is 13.3 Å². The van der Waals surface area contributed by atoms with Crippen LogP contribution in [-0.2, 0) is 6.42 Å². The molecule has 0 aliphatic heterocycles. The number of hydrogen-bond donors (Lipinski definition) is 1. The quantitative estimate of drug-likeness (QED) is 0.588. The van der Waals surface area contributed by atoms with E-state index in [4.69, 9.17) is 9.15 Å². The second kappa shape index (κ2) is 5.93. The molecule has 0 aliphatic rings. The smallest absolute Gasteiger partial charge is 0.137 e. The number of fused-ring (bicyclic) bond motifs is 1. The van der Waals surface area contributed by atoms with E-state index in [0.717, 1.165) is 23.1 Å². The predicted molar refractivity (Wildman–Crippen MR) is 84.9 cm³/mol. The standard InChI is InChI=1S/C18H17NO3/c1-3-12-4-9-17-15(10-12)16(19-20)11-18(22-17)13-5-7-14(21-2)8-6-13/h4-11,20H,3H2,1-2H3/b19-16+. The molecule has 0 saturated heterocycles. The average molecular weight is 295 g/mol. The lowest BCUT2D eigenvalue weighted by Gasteiger charge is -2.06. The van der Waals surface area contributed by atoms with Gasteiger partial charge < -0.3 is 14.4 Å². The van der Waals surface area contributed by atoms with Crippen molar-refractivity contribution in [3.63, 3.8) is 0 Å². The molecule has 0 unspecified atom stereocenters. The van der Waals surface area contributed by atoms with Gasteiger partial charge in [-0.1, -0.05) is 18.1 Å². The Morgan fingerprint density at radius 3 is 2.50 bits per heavy atom. The van der Waals surface area contributed by atoms with Crippen molar-refractivity contribution in [3.05, 3.63) is 59.5 Å². The molecular weight excluding hydrogens is 278 g/mol. The summed E-state index contributed by atoms with van der Waals surface area (Å²) in [6.07, 6.45) is 0.918. The Morgan fingerprint density at radius 1 is 1.09 bits per heavy atom. The molecule has 4 heteroatoms. The minimum absolute atomic E-state index is 0.502. The third kappa shape index (κ3) is 2.55. The van der Waals surface area contributed by atoms with E-state index in [2.05, 4.69) is 12.1 Å². The van der Waals surface area contributed by atoms with E-state index < -0.39 is 0 Å². The summed E-state index contributed by atoms with van der Waals surface area (Å²) in [5, 5.41) is 14.0. The summed E-state index contributed by atoms with van der Waals surface area (Å²) in [6, 6.07) is 15.2. The molecule has 0 bridgehead atoms. The molecular formula is C18H17NO3. The van der Waals surface area contributed by atoms with Crippen molar-refractivity contribution in [2.24, 2.45) is 5.16 Å². The lowest BCUT2D eigenvalue weighted by molar-refractivity contribution is 0.302. The molecule has 0 atom stereocenters. The first-order valence-corrected chi connectivity index (χ1v) is 7.14. The zero-order valence-electron chi connectivity index (χ0n) is 12.5. The van der Waals surface area contributed by atoms with Crippen LogP contribution in [0.5, 0.6) is 5.75 Å². The van der Waals surface area contributed by atoms with E-state index in [9.17, 15) is 5.21 Å². The van der Waals surface area contributed by atoms with Gasteiger partial charge in [0, 0.05) is 17.0 Å². The van der Waals surface area contributed by atoms with Crippen molar-refractivity contribution in [3.8, 4) is 17.1 Å². The number of rotatable bonds is 3. The van der Waals surface area contributed by atoms with E-state index in [0.29, 0.717) is 16.7 Å². The maximum absolute atomic E-state index is 9.32. The second-order valence-electron chi connectivity index (χ2n) is 5.01. The molecule has 4 nitrogen and oxygen atoms in total. The fraction of sp³-hybridized carbons (Fsp3) is 0.167. The fourth-order valence-corrected chi connectivity index (χ4v) is 2.42. The molecule has 1 N–H and O–H groups in total. The summed E-state index contributed by atoms with van der Waals surface area (Å²) in [6.45, 7) is 2.08. The van der Waals surface area contributed by atoms with Crippen LogP contribution in [0.3, 0.4) is 0 Å². The van der Waals surface area contributed by atoms with Gasteiger partial charge in [0.1, 0.15) is 22.5 Å². The van der Waals surface area contributed by atoms with Crippen LogP contribution < -0.4 is 10.1 Å². The van der Waals surface area contributed by atoms with Crippen LogP contribution >= 0.6 is 0 Å². The molecule has 22 heavy (non-hydrogen) atoms. The maximum Gasteiger partial charge on any atom is 0.137 e. The van der Waals surface area contributed by atoms with Crippen molar-refractivity contribution < 1.29 is 14.4 Å². The van der Waals surface area contributed by atoms with Crippen LogP contribution in [0.2, 0.25) is 0 Å². The molecule has 1 heterocycles. The van der Waals surface area contributed by atoms with Gasteiger partial charge in [-0.3, -0.25) is 0 Å². The van der Waals surface area contributed by atoms with Crippen LogP contribution in [0.15, 0.2) is 58.1 Å². The van der Waals surface area contributed by atoms with Gasteiger partial charge in [0.2, 0.25) is 0 Å². The Hall–Kier alpha value is -2.75. The van der Waals surface area contributed by atoms with E-state index in [-0.39, 0.29) is 0 Å². The van der Waals surface area contributed by atoms with Crippen molar-refractivity contribution in [1.82, 2.24) is 0 Å². The minimum atomic E-state index is 0.502. The number of ether oxygens (including phenoxy) is 1. The molecule has 1 aromatic heterocycles. The molecule has 0 saturated carbocycles. The molecule has 3 rings (SSSR count). The summed E-state index contributed by atoms with van der Waals surface area (Å²) >= 11 is 0. The average Bonchev–Trinajstić information content (AvgIpc) is 2.60. The highest BCUT2D eigenvalue weighted by Crippen LogP contribution is 2.24. The van der Waals surface area contributed by atoms with Gasteiger partial charge in [-0.25, -0.2) is 0 Å². The Balaban J connectivity index is 2.19. The Kier molecular flexibility index (Phi) is 3.83. The van der Waals surface area contributed by atoms with Gasteiger partial charge in [-0.05, 0) is 48.4 Å². The van der Waals surface area contributed by atoms with Gasteiger partial charge in [0.05, 0.1) is 7.11 Å². The first-order chi connectivity index (χ1) is 10.7. The number of hydrogen-bond acceptors (Lipinski definition) is 4. The van der Waals surface area contributed by atoms with Gasteiger partial charge in [-0.15, -0.1) is 0 Å². The van der Waals surface area contributed by atoms with Crippen molar-refractivity contribution in [1.29, 1.82) is 0 Å². The lowest BCUT2D eigenvalue weighted by atomic mass is 10.1. The van der Waals surface area contributed by atoms with Gasteiger partial charge in [-0.2, -0.15) is 0 Å². The molecule has 3 aromatic rings. The lowest BCUT2D eigenvalue weighted by Crippen LogP contribution is -2.04. The van der Waals surface area contributed by atoms with Crippen LogP contribution in [0.25, 0.3) is 22.3 Å². The second-order valence-corrected chi connectivity index (χ2v) is 5.01. The topological polar surface area (TPSA) is 55.0 Å². The number of methoxy groups -OCH3 is 1. The summed E-state index contributed by atoms with van der Waals surface area (Å²) in [4.78, 5) is 0. The molecule has 112 valence electrons. The maximum atomic E-state index is 9.32. The zero-order chi connectivity index (χ0) is 15.5. The minimum Gasteiger partial charge on any atom is -0.497 e. The highest BCUT2D eigenvalue weighted by Gasteiger charge is 2.07. The first kappa shape index (κ1) is 14.2. The molecule has 0 radical (unpaired) electrons. The fourth-order valence-electron chi connectivity index (χ4n) is 2.42. The van der Waals surface area contributed by atoms with Crippen LogP contribution in [-0.4, -0.2) is 12.3 Å². The number of aryl methyl sites for hydroxylation is 1. The molecule has 0 amide bonds. The first-order valence-electron chi connectivity index (χ1n) is 7.14. The molecule has 0 aliphatic carbocycles. The molecule has 0 fully saturated rings. The van der Waals surface area contributed by atoms with Crippen molar-refractivity contribution >= 4 is 11.0 Å². The molecule has 0 spiro atoms. The van der Waals surface area contributed by atoms with E-state index in [1.54, 1.807) is 13.2 Å². The normalized spacial score (nSPS) is 11.8. The van der Waals surface area contributed by atoms with Crippen LogP contribution in [0, 0.1) is 0 Å². The van der Waals surface area contributed by atoms with E-state index in [1.807, 2.05) is 42.5 Å². The third-order valence-corrected chi connectivity index (χ3v) is 3.70.